The first kappa shape index (κ1) is 17.2. The summed E-state index contributed by atoms with van der Waals surface area (Å²) in [4.78, 5) is 23.1. The molecule has 0 spiro atoms. The minimum Gasteiger partial charge on any atom is -0.326 e. The molecule has 0 saturated carbocycles. The smallest absolute Gasteiger partial charge is 0.247 e. The molecule has 1 aromatic rings. The molecule has 1 aromatic carbocycles. The van der Waals surface area contributed by atoms with Crippen molar-refractivity contribution >= 4 is 35.0 Å². The Morgan fingerprint density at radius 2 is 2.14 bits per heavy atom. The van der Waals surface area contributed by atoms with E-state index in [0.29, 0.717) is 12.1 Å². The van der Waals surface area contributed by atoms with Crippen LogP contribution in [-0.2, 0) is 9.59 Å². The number of carbonyl (C=O) groups excluding carboxylic acids is 2. The van der Waals surface area contributed by atoms with Crippen LogP contribution in [0, 0.1) is 5.82 Å². The summed E-state index contributed by atoms with van der Waals surface area (Å²) in [5, 5.41) is 5.31. The van der Waals surface area contributed by atoms with Crippen LogP contribution in [0.2, 0.25) is 0 Å². The van der Waals surface area contributed by atoms with Crippen LogP contribution in [0.5, 0.6) is 0 Å². The number of carbonyl (C=O) groups is 2. The second kappa shape index (κ2) is 8.46. The monoisotopic (exact) mass is 310 g/mol. The lowest BCUT2D eigenvalue weighted by Crippen LogP contribution is -2.17. The highest BCUT2D eigenvalue weighted by Gasteiger charge is 2.12. The first-order valence-corrected chi connectivity index (χ1v) is 7.84. The fourth-order valence-corrected chi connectivity index (χ4v) is 2.35. The molecular formula is C15H19FN2O2S. The molecule has 21 heavy (non-hydrogen) atoms. The average Bonchev–Trinajstić information content (AvgIpc) is 2.48. The molecule has 2 N–H and O–H groups in total. The number of hydrogen-bond acceptors (Lipinski definition) is 3. The molecule has 2 amide bonds. The van der Waals surface area contributed by atoms with E-state index in [1.807, 2.05) is 13.2 Å². The lowest BCUT2D eigenvalue weighted by atomic mass is 10.2. The summed E-state index contributed by atoms with van der Waals surface area (Å²) in [7, 11) is 0. The molecule has 0 radical (unpaired) electrons. The standard InChI is InChI=1S/C15H19FN2O2S/c1-4-11(21-3)9-15(20)17-10-6-7-12(16)13(8-10)18-14(19)5-2/h5-8,11H,2,4,9H2,1,3H3,(H,17,20)(H,18,19). The van der Waals surface area contributed by atoms with Gasteiger partial charge >= 0.3 is 0 Å². The number of anilines is 2. The molecule has 0 aliphatic heterocycles. The lowest BCUT2D eigenvalue weighted by molar-refractivity contribution is -0.116. The van der Waals surface area contributed by atoms with E-state index < -0.39 is 11.7 Å². The van der Waals surface area contributed by atoms with Gasteiger partial charge in [0, 0.05) is 17.4 Å². The highest BCUT2D eigenvalue weighted by atomic mass is 32.2. The Kier molecular flexibility index (Phi) is 6.94. The summed E-state index contributed by atoms with van der Waals surface area (Å²) in [6, 6.07) is 4.03. The maximum atomic E-state index is 13.6. The SMILES string of the molecule is C=CC(=O)Nc1cc(NC(=O)CC(CC)SC)ccc1F. The highest BCUT2D eigenvalue weighted by Crippen LogP contribution is 2.21. The number of hydrogen-bond donors (Lipinski definition) is 2. The second-order valence-corrected chi connectivity index (χ2v) is 5.54. The van der Waals surface area contributed by atoms with Crippen molar-refractivity contribution in [3.05, 3.63) is 36.7 Å². The van der Waals surface area contributed by atoms with Crippen LogP contribution in [0.1, 0.15) is 19.8 Å². The van der Waals surface area contributed by atoms with Gasteiger partial charge in [0.05, 0.1) is 5.69 Å². The number of nitrogens with one attached hydrogen (secondary N) is 2. The first-order valence-electron chi connectivity index (χ1n) is 6.55. The zero-order chi connectivity index (χ0) is 15.8. The molecule has 1 rings (SSSR count). The summed E-state index contributed by atoms with van der Waals surface area (Å²) in [6.45, 7) is 5.33. The van der Waals surface area contributed by atoms with Gasteiger partial charge in [0.1, 0.15) is 5.82 Å². The molecule has 0 bridgehead atoms. The van der Waals surface area contributed by atoms with Crippen LogP contribution in [0.3, 0.4) is 0 Å². The van der Waals surface area contributed by atoms with Gasteiger partial charge in [-0.1, -0.05) is 13.5 Å². The molecule has 0 aromatic heterocycles. The van der Waals surface area contributed by atoms with Crippen molar-refractivity contribution < 1.29 is 14.0 Å². The Hall–Kier alpha value is -1.82. The quantitative estimate of drug-likeness (QED) is 0.759. The predicted octanol–water partition coefficient (Wildman–Crippen LogP) is 3.42. The molecule has 6 heteroatoms. The van der Waals surface area contributed by atoms with Crippen LogP contribution >= 0.6 is 11.8 Å². The van der Waals surface area contributed by atoms with Crippen LogP contribution in [0.25, 0.3) is 0 Å². The Morgan fingerprint density at radius 3 is 2.71 bits per heavy atom. The largest absolute Gasteiger partial charge is 0.326 e. The predicted molar refractivity (Wildman–Crippen MR) is 86.1 cm³/mol. The van der Waals surface area contributed by atoms with Crippen molar-refractivity contribution in [1.82, 2.24) is 0 Å². The van der Waals surface area contributed by atoms with E-state index in [1.54, 1.807) is 11.8 Å². The molecule has 1 atom stereocenters. The van der Waals surface area contributed by atoms with E-state index in [9.17, 15) is 14.0 Å². The number of rotatable bonds is 7. The molecule has 1 unspecified atom stereocenters. The topological polar surface area (TPSA) is 58.2 Å². The summed E-state index contributed by atoms with van der Waals surface area (Å²) >= 11 is 1.64. The fraction of sp³-hybridized carbons (Fsp3) is 0.333. The van der Waals surface area contributed by atoms with Gasteiger partial charge in [-0.15, -0.1) is 0 Å². The third-order valence-electron chi connectivity index (χ3n) is 2.90. The second-order valence-electron chi connectivity index (χ2n) is 4.41. The zero-order valence-electron chi connectivity index (χ0n) is 12.1. The van der Waals surface area contributed by atoms with E-state index in [-0.39, 0.29) is 16.8 Å². The fourth-order valence-electron chi connectivity index (χ4n) is 1.70. The zero-order valence-corrected chi connectivity index (χ0v) is 12.9. The van der Waals surface area contributed by atoms with Gasteiger partial charge in [0.15, 0.2) is 0 Å². The molecule has 0 fully saturated rings. The summed E-state index contributed by atoms with van der Waals surface area (Å²) < 4.78 is 13.6. The van der Waals surface area contributed by atoms with Crippen molar-refractivity contribution in [2.24, 2.45) is 0 Å². The van der Waals surface area contributed by atoms with Gasteiger partial charge in [-0.05, 0) is 37.0 Å². The van der Waals surface area contributed by atoms with Crippen LogP contribution in [0.15, 0.2) is 30.9 Å². The van der Waals surface area contributed by atoms with E-state index in [1.165, 1.54) is 18.2 Å². The molecule has 114 valence electrons. The molecule has 0 saturated heterocycles. The normalized spacial score (nSPS) is 11.6. The van der Waals surface area contributed by atoms with Crippen molar-refractivity contribution in [3.63, 3.8) is 0 Å². The van der Waals surface area contributed by atoms with E-state index in [0.717, 1.165) is 12.5 Å². The Bertz CT molecular complexity index is 530. The van der Waals surface area contributed by atoms with Crippen LogP contribution < -0.4 is 10.6 Å². The average molecular weight is 310 g/mol. The van der Waals surface area contributed by atoms with Crippen molar-refractivity contribution in [2.75, 3.05) is 16.9 Å². The molecule has 4 nitrogen and oxygen atoms in total. The maximum absolute atomic E-state index is 13.6. The Balaban J connectivity index is 2.75. The summed E-state index contributed by atoms with van der Waals surface area (Å²) in [5.41, 5.74) is 0.450. The van der Waals surface area contributed by atoms with Gasteiger partial charge in [-0.25, -0.2) is 4.39 Å². The number of thioether (sulfide) groups is 1. The van der Waals surface area contributed by atoms with Crippen LogP contribution in [0.4, 0.5) is 15.8 Å². The van der Waals surface area contributed by atoms with E-state index in [2.05, 4.69) is 17.2 Å². The molecular weight excluding hydrogens is 291 g/mol. The minimum atomic E-state index is -0.571. The highest BCUT2D eigenvalue weighted by molar-refractivity contribution is 7.99. The van der Waals surface area contributed by atoms with E-state index in [4.69, 9.17) is 0 Å². The van der Waals surface area contributed by atoms with Crippen LogP contribution in [-0.4, -0.2) is 23.3 Å². The maximum Gasteiger partial charge on any atom is 0.247 e. The third-order valence-corrected chi connectivity index (χ3v) is 4.06. The van der Waals surface area contributed by atoms with Gasteiger partial charge < -0.3 is 10.6 Å². The molecule has 0 aliphatic rings. The van der Waals surface area contributed by atoms with Gasteiger partial charge in [-0.3, -0.25) is 9.59 Å². The minimum absolute atomic E-state index is 0.00890. The first-order chi connectivity index (χ1) is 9.99. The lowest BCUT2D eigenvalue weighted by Gasteiger charge is -2.12. The summed E-state index contributed by atoms with van der Waals surface area (Å²) in [6.07, 6.45) is 4.30. The van der Waals surface area contributed by atoms with Gasteiger partial charge in [0.2, 0.25) is 11.8 Å². The van der Waals surface area contributed by atoms with Crippen molar-refractivity contribution in [3.8, 4) is 0 Å². The number of amides is 2. The Morgan fingerprint density at radius 1 is 1.43 bits per heavy atom. The number of benzene rings is 1. The van der Waals surface area contributed by atoms with Gasteiger partial charge in [0.25, 0.3) is 0 Å². The Labute approximate surface area is 128 Å². The van der Waals surface area contributed by atoms with E-state index >= 15 is 0 Å². The molecule has 0 heterocycles. The van der Waals surface area contributed by atoms with Gasteiger partial charge in [-0.2, -0.15) is 11.8 Å². The van der Waals surface area contributed by atoms with Crippen molar-refractivity contribution in [2.45, 2.75) is 25.0 Å². The summed E-state index contributed by atoms with van der Waals surface area (Å²) in [5.74, 6) is -1.21. The third kappa shape index (κ3) is 5.59. The molecule has 0 aliphatic carbocycles. The van der Waals surface area contributed by atoms with Crippen molar-refractivity contribution in [1.29, 1.82) is 0 Å². The number of halogens is 1.